The molecule has 0 saturated carbocycles. The van der Waals surface area contributed by atoms with E-state index in [1.165, 1.54) is 0 Å². The molecule has 3 atom stereocenters. The molecule has 1 aliphatic heterocycles. The topological polar surface area (TPSA) is 86.7 Å². The number of hydrogen-bond donors (Lipinski definition) is 2. The predicted octanol–water partition coefficient (Wildman–Crippen LogP) is 4.92. The molecule has 6 nitrogen and oxygen atoms in total. The highest BCUT2D eigenvalue weighted by molar-refractivity contribution is 5.98. The highest BCUT2D eigenvalue weighted by Gasteiger charge is 2.33. The minimum Gasteiger partial charge on any atom is -0.481 e. The number of Topliss-reactive ketones (excluding diaryl/α,β-unsaturated/α-hetero) is 1. The predicted molar refractivity (Wildman–Crippen MR) is 149 cm³/mol. The number of amides is 1. The Labute approximate surface area is 224 Å². The zero-order chi connectivity index (χ0) is 26.7. The lowest BCUT2D eigenvalue weighted by molar-refractivity contribution is -0.146. The molecule has 4 rings (SSSR count). The molecule has 3 aromatic carbocycles. The number of benzene rings is 3. The second-order valence-electron chi connectivity index (χ2n) is 10.1. The second-order valence-corrected chi connectivity index (χ2v) is 10.1. The summed E-state index contributed by atoms with van der Waals surface area (Å²) in [5.41, 5.74) is 2.84. The van der Waals surface area contributed by atoms with Crippen molar-refractivity contribution in [2.24, 2.45) is 11.8 Å². The fourth-order valence-electron chi connectivity index (χ4n) is 5.29. The van der Waals surface area contributed by atoms with Crippen LogP contribution in [0.1, 0.15) is 36.8 Å². The summed E-state index contributed by atoms with van der Waals surface area (Å²) in [6, 6.07) is 28.7. The summed E-state index contributed by atoms with van der Waals surface area (Å²) in [6.07, 6.45) is 3.51. The van der Waals surface area contributed by atoms with E-state index >= 15 is 0 Å². The van der Waals surface area contributed by atoms with E-state index in [1.54, 1.807) is 0 Å². The number of para-hydroxylation sites is 1. The lowest BCUT2D eigenvalue weighted by Gasteiger charge is -2.35. The first-order chi connectivity index (χ1) is 18.5. The molecule has 2 N–H and O–H groups in total. The molecular formula is C32H36N2O4. The second kappa shape index (κ2) is 13.6. The lowest BCUT2D eigenvalue weighted by atomic mass is 9.86. The van der Waals surface area contributed by atoms with Gasteiger partial charge in [0.2, 0.25) is 5.91 Å². The van der Waals surface area contributed by atoms with E-state index in [1.807, 2.05) is 91.0 Å². The Morgan fingerprint density at radius 2 is 1.42 bits per heavy atom. The molecule has 198 valence electrons. The Kier molecular flexibility index (Phi) is 9.68. The molecule has 0 bridgehead atoms. The number of anilines is 1. The van der Waals surface area contributed by atoms with E-state index in [0.29, 0.717) is 19.5 Å². The summed E-state index contributed by atoms with van der Waals surface area (Å²) < 4.78 is 0. The number of carboxylic acid groups (broad SMARTS) is 1. The molecule has 3 aromatic rings. The van der Waals surface area contributed by atoms with Gasteiger partial charge < -0.3 is 15.3 Å². The van der Waals surface area contributed by atoms with Crippen molar-refractivity contribution in [3.8, 4) is 0 Å². The van der Waals surface area contributed by atoms with Gasteiger partial charge in [0, 0.05) is 25.2 Å². The van der Waals surface area contributed by atoms with Gasteiger partial charge in [0.05, 0.1) is 0 Å². The minimum atomic E-state index is -1.11. The van der Waals surface area contributed by atoms with Crippen LogP contribution in [0.5, 0.6) is 0 Å². The Morgan fingerprint density at radius 1 is 0.842 bits per heavy atom. The Hall–Kier alpha value is -3.93. The first-order valence-electron chi connectivity index (χ1n) is 13.4. The van der Waals surface area contributed by atoms with E-state index in [2.05, 4.69) is 10.2 Å². The van der Waals surface area contributed by atoms with Crippen LogP contribution in [0.25, 0.3) is 0 Å². The zero-order valence-electron chi connectivity index (χ0n) is 21.7. The summed E-state index contributed by atoms with van der Waals surface area (Å²) in [5, 5.41) is 13.0. The average molecular weight is 513 g/mol. The third-order valence-corrected chi connectivity index (χ3v) is 7.25. The van der Waals surface area contributed by atoms with Gasteiger partial charge in [-0.05, 0) is 61.3 Å². The fraction of sp³-hybridized carbons (Fsp3) is 0.344. The monoisotopic (exact) mass is 512 g/mol. The van der Waals surface area contributed by atoms with Crippen molar-refractivity contribution in [3.63, 3.8) is 0 Å². The summed E-state index contributed by atoms with van der Waals surface area (Å²) in [5.74, 6) is -2.65. The third kappa shape index (κ3) is 7.54. The van der Waals surface area contributed by atoms with Crippen molar-refractivity contribution in [2.45, 2.75) is 44.6 Å². The van der Waals surface area contributed by atoms with Crippen LogP contribution in [0.15, 0.2) is 91.0 Å². The third-order valence-electron chi connectivity index (χ3n) is 7.25. The van der Waals surface area contributed by atoms with Crippen LogP contribution in [-0.2, 0) is 27.2 Å². The average Bonchev–Trinajstić information content (AvgIpc) is 3.15. The van der Waals surface area contributed by atoms with Crippen molar-refractivity contribution < 1.29 is 19.5 Å². The summed E-state index contributed by atoms with van der Waals surface area (Å²) in [7, 11) is 0. The van der Waals surface area contributed by atoms with Gasteiger partial charge in [0.15, 0.2) is 0 Å². The molecule has 0 radical (unpaired) electrons. The molecule has 0 unspecified atom stereocenters. The quantitative estimate of drug-likeness (QED) is 0.336. The van der Waals surface area contributed by atoms with Crippen LogP contribution >= 0.6 is 0 Å². The maximum absolute atomic E-state index is 13.5. The highest BCUT2D eigenvalue weighted by Crippen LogP contribution is 2.26. The van der Waals surface area contributed by atoms with E-state index in [9.17, 15) is 19.5 Å². The zero-order valence-corrected chi connectivity index (χ0v) is 21.7. The summed E-state index contributed by atoms with van der Waals surface area (Å²) in [4.78, 5) is 40.9. The van der Waals surface area contributed by atoms with Crippen molar-refractivity contribution >= 4 is 23.3 Å². The fourth-order valence-corrected chi connectivity index (χ4v) is 5.29. The Balaban J connectivity index is 1.61. The molecule has 1 heterocycles. The van der Waals surface area contributed by atoms with Crippen molar-refractivity contribution in [1.82, 2.24) is 5.32 Å². The van der Waals surface area contributed by atoms with Crippen molar-refractivity contribution in [1.29, 1.82) is 0 Å². The number of carbonyl (C=O) groups excluding carboxylic acids is 2. The number of aliphatic carboxylic acids is 1. The number of rotatable bonds is 12. The molecule has 0 aromatic heterocycles. The van der Waals surface area contributed by atoms with E-state index in [-0.39, 0.29) is 36.5 Å². The summed E-state index contributed by atoms with van der Waals surface area (Å²) in [6.45, 7) is 1.14. The van der Waals surface area contributed by atoms with Crippen LogP contribution in [0, 0.1) is 11.8 Å². The molecular weight excluding hydrogens is 476 g/mol. The maximum Gasteiger partial charge on any atom is 0.314 e. The molecule has 1 amide bonds. The van der Waals surface area contributed by atoms with E-state index in [4.69, 9.17) is 0 Å². The van der Waals surface area contributed by atoms with E-state index < -0.39 is 11.9 Å². The Morgan fingerprint density at radius 3 is 2.03 bits per heavy atom. The van der Waals surface area contributed by atoms with Crippen molar-refractivity contribution in [2.75, 3.05) is 18.0 Å². The van der Waals surface area contributed by atoms with Crippen molar-refractivity contribution in [3.05, 3.63) is 102 Å². The van der Waals surface area contributed by atoms with Gasteiger partial charge in [0.1, 0.15) is 17.7 Å². The largest absolute Gasteiger partial charge is 0.481 e. The molecule has 1 saturated heterocycles. The number of nitrogens with one attached hydrogen (secondary N) is 1. The highest BCUT2D eigenvalue weighted by atomic mass is 16.4. The van der Waals surface area contributed by atoms with Gasteiger partial charge in [0.25, 0.3) is 0 Å². The Bertz CT molecular complexity index is 1180. The van der Waals surface area contributed by atoms with Crippen LogP contribution < -0.4 is 10.2 Å². The number of carbonyl (C=O) groups is 3. The normalized spacial score (nSPS) is 17.1. The number of hydrogen-bond acceptors (Lipinski definition) is 4. The number of carboxylic acids is 1. The molecule has 0 aliphatic carbocycles. The minimum absolute atomic E-state index is 0.00336. The van der Waals surface area contributed by atoms with Gasteiger partial charge in [-0.25, -0.2) is 0 Å². The molecule has 6 heteroatoms. The SMILES string of the molecule is O=C(O)[C@H](Cc1ccccc1)C(=O)C[C@@H](Cc1ccccc1)CN(c1ccccc1)[C@@H]1CCCCNC1=O. The first kappa shape index (κ1) is 27.1. The van der Waals surface area contributed by atoms with Gasteiger partial charge in [-0.3, -0.25) is 14.4 Å². The van der Waals surface area contributed by atoms with Gasteiger partial charge in [-0.15, -0.1) is 0 Å². The van der Waals surface area contributed by atoms with Gasteiger partial charge in [-0.2, -0.15) is 0 Å². The standard InChI is InChI=1S/C32H36N2O4/c35-30(28(32(37)38)21-25-14-6-2-7-15-25)22-26(20-24-12-4-1-5-13-24)23-34(27-16-8-3-9-17-27)29-18-10-11-19-33-31(29)36/h1-9,12-17,26,28-29H,10-11,18-23H2,(H,33,36)(H,37,38)/t26-,28-,29-/m1/s1. The molecule has 1 fully saturated rings. The molecule has 1 aliphatic rings. The van der Waals surface area contributed by atoms with Crippen LogP contribution in [0.2, 0.25) is 0 Å². The van der Waals surface area contributed by atoms with Gasteiger partial charge in [-0.1, -0.05) is 78.9 Å². The van der Waals surface area contributed by atoms with Crippen LogP contribution in [0.3, 0.4) is 0 Å². The first-order valence-corrected chi connectivity index (χ1v) is 13.4. The number of ketones is 1. The van der Waals surface area contributed by atoms with Crippen LogP contribution in [0.4, 0.5) is 5.69 Å². The molecule has 38 heavy (non-hydrogen) atoms. The maximum atomic E-state index is 13.5. The van der Waals surface area contributed by atoms with E-state index in [0.717, 1.165) is 36.1 Å². The molecule has 0 spiro atoms. The summed E-state index contributed by atoms with van der Waals surface area (Å²) >= 11 is 0. The number of nitrogens with zero attached hydrogens (tertiary/aromatic N) is 1. The smallest absolute Gasteiger partial charge is 0.314 e. The van der Waals surface area contributed by atoms with Crippen LogP contribution in [-0.4, -0.2) is 41.9 Å². The van der Waals surface area contributed by atoms with Gasteiger partial charge >= 0.3 is 5.97 Å². The lowest BCUT2D eigenvalue weighted by Crippen LogP contribution is -2.48.